The number of phenolic OH excluding ortho intramolecular Hbond substituents is 1. The van der Waals surface area contributed by atoms with Crippen molar-refractivity contribution < 1.29 is 14.6 Å². The molecule has 2 heterocycles. The van der Waals surface area contributed by atoms with Crippen molar-refractivity contribution in [2.75, 3.05) is 5.32 Å². The van der Waals surface area contributed by atoms with Crippen LogP contribution in [0.4, 0.5) is 11.5 Å². The lowest BCUT2D eigenvalue weighted by atomic mass is 10.1. The molecule has 0 aliphatic rings. The Kier molecular flexibility index (Phi) is 5.94. The van der Waals surface area contributed by atoms with Crippen LogP contribution >= 0.6 is 0 Å². The number of ether oxygens (including phenoxy) is 1. The molecule has 6 nitrogen and oxygen atoms in total. The zero-order chi connectivity index (χ0) is 25.3. The predicted molar refractivity (Wildman–Crippen MR) is 143 cm³/mol. The van der Waals surface area contributed by atoms with Gasteiger partial charge in [0, 0.05) is 17.4 Å². The molecule has 5 aromatic rings. The van der Waals surface area contributed by atoms with E-state index in [4.69, 9.17) is 9.72 Å². The Morgan fingerprint density at radius 1 is 0.889 bits per heavy atom. The lowest BCUT2D eigenvalue weighted by Gasteiger charge is -2.19. The first-order valence-electron chi connectivity index (χ1n) is 11.7. The van der Waals surface area contributed by atoms with Gasteiger partial charge in [0.25, 0.3) is 0 Å². The molecular formula is C30H27N3O3. The molecule has 0 amide bonds. The zero-order valence-corrected chi connectivity index (χ0v) is 20.4. The van der Waals surface area contributed by atoms with Gasteiger partial charge in [-0.3, -0.25) is 4.40 Å². The Morgan fingerprint density at radius 2 is 1.58 bits per heavy atom. The number of anilines is 2. The van der Waals surface area contributed by atoms with E-state index >= 15 is 0 Å². The lowest BCUT2D eigenvalue weighted by Crippen LogP contribution is -2.23. The smallest absolute Gasteiger partial charge is 0.338 e. The van der Waals surface area contributed by atoms with Gasteiger partial charge in [0.2, 0.25) is 0 Å². The normalized spacial score (nSPS) is 11.4. The maximum absolute atomic E-state index is 12.4. The quantitative estimate of drug-likeness (QED) is 0.265. The van der Waals surface area contributed by atoms with Gasteiger partial charge in [-0.15, -0.1) is 0 Å². The van der Waals surface area contributed by atoms with Gasteiger partial charge in [-0.05, 0) is 80.4 Å². The van der Waals surface area contributed by atoms with Crippen LogP contribution in [-0.2, 0) is 4.74 Å². The van der Waals surface area contributed by atoms with Gasteiger partial charge in [0.05, 0.1) is 5.56 Å². The number of imidazole rings is 1. The van der Waals surface area contributed by atoms with Crippen molar-refractivity contribution in [3.05, 3.63) is 103 Å². The van der Waals surface area contributed by atoms with E-state index in [2.05, 4.69) is 17.4 Å². The average Bonchev–Trinajstić information content (AvgIpc) is 3.21. The molecule has 0 unspecified atom stereocenters. The number of pyridine rings is 1. The van der Waals surface area contributed by atoms with Crippen molar-refractivity contribution in [2.24, 2.45) is 0 Å². The van der Waals surface area contributed by atoms with Crippen molar-refractivity contribution in [1.29, 1.82) is 0 Å². The standard InChI is InChI=1S/C30H27N3O3/c1-30(2,3)36-29(35)21-13-15-23(16-14-21)31-28-27(24-11-7-8-12-25(24)34)32-26-19-22(17-18-33(26)28)20-9-5-4-6-10-20/h4-19,31,34H,1-3H3. The summed E-state index contributed by atoms with van der Waals surface area (Å²) in [5.74, 6) is 0.482. The number of fused-ring (bicyclic) bond motifs is 1. The van der Waals surface area contributed by atoms with Crippen LogP contribution < -0.4 is 5.32 Å². The summed E-state index contributed by atoms with van der Waals surface area (Å²) in [5.41, 5.74) is 4.81. The molecule has 0 atom stereocenters. The fourth-order valence-corrected chi connectivity index (χ4v) is 4.00. The van der Waals surface area contributed by atoms with Crippen LogP contribution in [0.2, 0.25) is 0 Å². The highest BCUT2D eigenvalue weighted by Crippen LogP contribution is 2.36. The van der Waals surface area contributed by atoms with Crippen LogP contribution in [0.1, 0.15) is 31.1 Å². The summed E-state index contributed by atoms with van der Waals surface area (Å²) in [5, 5.41) is 14.0. The van der Waals surface area contributed by atoms with E-state index in [0.29, 0.717) is 22.6 Å². The van der Waals surface area contributed by atoms with Crippen LogP contribution in [-0.4, -0.2) is 26.1 Å². The number of rotatable bonds is 5. The molecule has 6 heteroatoms. The number of phenols is 1. The fourth-order valence-electron chi connectivity index (χ4n) is 4.00. The van der Waals surface area contributed by atoms with Gasteiger partial charge in [0.15, 0.2) is 0 Å². The Balaban J connectivity index is 1.55. The molecule has 0 saturated carbocycles. The number of carbonyl (C=O) groups excluding carboxylic acids is 1. The lowest BCUT2D eigenvalue weighted by molar-refractivity contribution is 0.00695. The minimum absolute atomic E-state index is 0.146. The summed E-state index contributed by atoms with van der Waals surface area (Å²) in [6.07, 6.45) is 1.96. The van der Waals surface area contributed by atoms with Gasteiger partial charge in [-0.2, -0.15) is 0 Å². The molecule has 0 bridgehead atoms. The molecule has 180 valence electrons. The minimum atomic E-state index is -0.560. The van der Waals surface area contributed by atoms with Gasteiger partial charge >= 0.3 is 5.97 Å². The average molecular weight is 478 g/mol. The van der Waals surface area contributed by atoms with Crippen molar-refractivity contribution in [2.45, 2.75) is 26.4 Å². The molecule has 2 aromatic heterocycles. The molecule has 36 heavy (non-hydrogen) atoms. The third kappa shape index (κ3) is 4.79. The van der Waals surface area contributed by atoms with E-state index in [1.807, 2.05) is 86.0 Å². The maximum Gasteiger partial charge on any atom is 0.338 e. The first-order valence-corrected chi connectivity index (χ1v) is 11.7. The number of nitrogens with zero attached hydrogens (tertiary/aromatic N) is 2. The van der Waals surface area contributed by atoms with Gasteiger partial charge in [0.1, 0.15) is 28.5 Å². The highest BCUT2D eigenvalue weighted by Gasteiger charge is 2.19. The number of esters is 1. The number of aromatic nitrogens is 2. The van der Waals surface area contributed by atoms with Crippen LogP contribution in [0.15, 0.2) is 97.2 Å². The summed E-state index contributed by atoms with van der Waals surface area (Å²) >= 11 is 0. The number of aromatic hydroxyl groups is 1. The van der Waals surface area contributed by atoms with E-state index in [1.165, 1.54) is 0 Å². The Bertz CT molecular complexity index is 1530. The molecule has 0 aliphatic carbocycles. The van der Waals surface area contributed by atoms with E-state index < -0.39 is 5.60 Å². The second-order valence-electron chi connectivity index (χ2n) is 9.54. The van der Waals surface area contributed by atoms with Crippen LogP contribution in [0.5, 0.6) is 5.75 Å². The maximum atomic E-state index is 12.4. The zero-order valence-electron chi connectivity index (χ0n) is 20.4. The van der Waals surface area contributed by atoms with Crippen LogP contribution in [0.25, 0.3) is 28.0 Å². The molecule has 0 fully saturated rings. The Labute approximate surface area is 209 Å². The first-order chi connectivity index (χ1) is 17.3. The highest BCUT2D eigenvalue weighted by atomic mass is 16.6. The molecule has 0 radical (unpaired) electrons. The van der Waals surface area contributed by atoms with Gasteiger partial charge < -0.3 is 15.2 Å². The summed E-state index contributed by atoms with van der Waals surface area (Å²) in [6.45, 7) is 5.53. The number of carbonyl (C=O) groups is 1. The van der Waals surface area contributed by atoms with E-state index in [1.54, 1.807) is 24.3 Å². The molecule has 0 saturated heterocycles. The third-order valence-electron chi connectivity index (χ3n) is 5.67. The third-order valence-corrected chi connectivity index (χ3v) is 5.67. The highest BCUT2D eigenvalue weighted by molar-refractivity contribution is 5.90. The van der Waals surface area contributed by atoms with E-state index in [-0.39, 0.29) is 11.7 Å². The Morgan fingerprint density at radius 3 is 2.28 bits per heavy atom. The summed E-state index contributed by atoms with van der Waals surface area (Å²) in [4.78, 5) is 17.3. The molecule has 2 N–H and O–H groups in total. The number of nitrogens with one attached hydrogen (secondary N) is 1. The van der Waals surface area contributed by atoms with Crippen molar-refractivity contribution in [3.63, 3.8) is 0 Å². The second kappa shape index (κ2) is 9.23. The second-order valence-corrected chi connectivity index (χ2v) is 9.54. The SMILES string of the molecule is CC(C)(C)OC(=O)c1ccc(Nc2c(-c3ccccc3O)nc3cc(-c4ccccc4)ccn23)cc1. The Hall–Kier alpha value is -4.58. The van der Waals surface area contributed by atoms with Crippen molar-refractivity contribution >= 4 is 23.1 Å². The molecule has 3 aromatic carbocycles. The number of para-hydroxylation sites is 1. The minimum Gasteiger partial charge on any atom is -0.507 e. The summed E-state index contributed by atoms with van der Waals surface area (Å²) in [7, 11) is 0. The number of hydrogen-bond acceptors (Lipinski definition) is 5. The largest absolute Gasteiger partial charge is 0.507 e. The molecule has 5 rings (SSSR count). The molecular weight excluding hydrogens is 450 g/mol. The van der Waals surface area contributed by atoms with Gasteiger partial charge in [-0.1, -0.05) is 42.5 Å². The van der Waals surface area contributed by atoms with Crippen molar-refractivity contribution in [1.82, 2.24) is 9.38 Å². The summed E-state index contributed by atoms with van der Waals surface area (Å²) in [6, 6.07) is 28.4. The topological polar surface area (TPSA) is 75.9 Å². The fraction of sp³-hybridized carbons (Fsp3) is 0.133. The first kappa shape index (κ1) is 23.2. The van der Waals surface area contributed by atoms with Crippen molar-refractivity contribution in [3.8, 4) is 28.1 Å². The summed E-state index contributed by atoms with van der Waals surface area (Å²) < 4.78 is 7.42. The van der Waals surface area contributed by atoms with Gasteiger partial charge in [-0.25, -0.2) is 9.78 Å². The molecule has 0 spiro atoms. The van der Waals surface area contributed by atoms with E-state index in [0.717, 1.165) is 22.5 Å². The monoisotopic (exact) mass is 477 g/mol. The molecule has 0 aliphatic heterocycles. The van der Waals surface area contributed by atoms with Crippen LogP contribution in [0, 0.1) is 0 Å². The predicted octanol–water partition coefficient (Wildman–Crippen LogP) is 7.07. The van der Waals surface area contributed by atoms with Crippen LogP contribution in [0.3, 0.4) is 0 Å². The number of hydrogen-bond donors (Lipinski definition) is 2. The number of benzene rings is 3. The van der Waals surface area contributed by atoms with E-state index in [9.17, 15) is 9.90 Å².